The predicted molar refractivity (Wildman–Crippen MR) is 96.6 cm³/mol. The van der Waals surface area contributed by atoms with E-state index in [0.29, 0.717) is 28.1 Å². The SMILES string of the molecule is CCOC(=O)c1cccc(Oc2nn3cc(-c4cccnc4)nc3s2)c1. The molecule has 0 unspecified atom stereocenters. The molecule has 0 aliphatic carbocycles. The van der Waals surface area contributed by atoms with Crippen molar-refractivity contribution in [2.24, 2.45) is 0 Å². The number of imidazole rings is 1. The number of carbonyl (C=O) groups is 1. The summed E-state index contributed by atoms with van der Waals surface area (Å²) in [7, 11) is 0. The fourth-order valence-electron chi connectivity index (χ4n) is 2.38. The molecule has 0 fully saturated rings. The third-order valence-electron chi connectivity index (χ3n) is 3.53. The van der Waals surface area contributed by atoms with E-state index in [1.165, 1.54) is 11.3 Å². The van der Waals surface area contributed by atoms with Crippen molar-refractivity contribution in [2.75, 3.05) is 6.61 Å². The molecule has 0 saturated heterocycles. The van der Waals surface area contributed by atoms with Gasteiger partial charge in [0.15, 0.2) is 0 Å². The van der Waals surface area contributed by atoms with Gasteiger partial charge in [-0.1, -0.05) is 6.07 Å². The van der Waals surface area contributed by atoms with Crippen LogP contribution in [0.5, 0.6) is 10.9 Å². The molecule has 0 atom stereocenters. The van der Waals surface area contributed by atoms with E-state index in [4.69, 9.17) is 9.47 Å². The lowest BCUT2D eigenvalue weighted by Crippen LogP contribution is -2.04. The van der Waals surface area contributed by atoms with Gasteiger partial charge in [-0.25, -0.2) is 14.3 Å². The van der Waals surface area contributed by atoms with E-state index in [-0.39, 0.29) is 5.97 Å². The maximum atomic E-state index is 11.8. The van der Waals surface area contributed by atoms with Crippen LogP contribution >= 0.6 is 11.3 Å². The normalized spacial score (nSPS) is 10.8. The number of nitrogens with zero attached hydrogens (tertiary/aromatic N) is 4. The zero-order valence-electron chi connectivity index (χ0n) is 13.8. The molecule has 8 heteroatoms. The number of esters is 1. The number of pyridine rings is 1. The first-order chi connectivity index (χ1) is 12.7. The van der Waals surface area contributed by atoms with Gasteiger partial charge in [0.05, 0.1) is 24.1 Å². The number of hydrogen-bond donors (Lipinski definition) is 0. The van der Waals surface area contributed by atoms with Gasteiger partial charge in [0.25, 0.3) is 5.19 Å². The number of ether oxygens (including phenoxy) is 2. The Labute approximate surface area is 152 Å². The lowest BCUT2D eigenvalue weighted by atomic mass is 10.2. The zero-order chi connectivity index (χ0) is 17.9. The van der Waals surface area contributed by atoms with Gasteiger partial charge in [-0.05, 0) is 48.6 Å². The number of rotatable bonds is 5. The Hall–Kier alpha value is -3.26. The maximum absolute atomic E-state index is 11.8. The second kappa shape index (κ2) is 6.93. The molecular formula is C18H14N4O3S. The second-order valence-corrected chi connectivity index (χ2v) is 6.23. The summed E-state index contributed by atoms with van der Waals surface area (Å²) in [4.78, 5) is 21.2. The summed E-state index contributed by atoms with van der Waals surface area (Å²) in [5.74, 6) is 0.132. The first-order valence-electron chi connectivity index (χ1n) is 7.94. The predicted octanol–water partition coefficient (Wildman–Crippen LogP) is 3.82. The van der Waals surface area contributed by atoms with Crippen LogP contribution in [0.4, 0.5) is 0 Å². The van der Waals surface area contributed by atoms with Crippen LogP contribution in [-0.2, 0) is 4.74 Å². The van der Waals surface area contributed by atoms with E-state index in [2.05, 4.69) is 15.1 Å². The van der Waals surface area contributed by atoms with Crippen LogP contribution in [0.1, 0.15) is 17.3 Å². The number of hydrogen-bond acceptors (Lipinski definition) is 7. The number of benzene rings is 1. The van der Waals surface area contributed by atoms with Gasteiger partial charge in [0.2, 0.25) is 4.96 Å². The Morgan fingerprint density at radius 3 is 2.96 bits per heavy atom. The molecular weight excluding hydrogens is 352 g/mol. The number of carbonyl (C=O) groups excluding carboxylic acids is 1. The van der Waals surface area contributed by atoms with Gasteiger partial charge in [-0.15, -0.1) is 5.10 Å². The van der Waals surface area contributed by atoms with Gasteiger partial charge >= 0.3 is 5.97 Å². The topological polar surface area (TPSA) is 78.6 Å². The van der Waals surface area contributed by atoms with E-state index in [0.717, 1.165) is 11.3 Å². The smallest absolute Gasteiger partial charge is 0.338 e. The minimum absolute atomic E-state index is 0.326. The van der Waals surface area contributed by atoms with Crippen LogP contribution < -0.4 is 4.74 Å². The van der Waals surface area contributed by atoms with Crippen LogP contribution in [0.2, 0.25) is 0 Å². The zero-order valence-corrected chi connectivity index (χ0v) is 14.6. The molecule has 7 nitrogen and oxygen atoms in total. The quantitative estimate of drug-likeness (QED) is 0.500. The molecule has 0 spiro atoms. The van der Waals surface area contributed by atoms with Crippen molar-refractivity contribution in [2.45, 2.75) is 6.92 Å². The molecule has 3 heterocycles. The molecule has 0 bridgehead atoms. The average Bonchev–Trinajstić information content (AvgIpc) is 3.21. The van der Waals surface area contributed by atoms with Gasteiger partial charge in [-0.3, -0.25) is 4.98 Å². The molecule has 0 N–H and O–H groups in total. The Morgan fingerprint density at radius 1 is 1.27 bits per heavy atom. The summed E-state index contributed by atoms with van der Waals surface area (Å²) < 4.78 is 12.4. The van der Waals surface area contributed by atoms with Gasteiger partial charge in [0, 0.05) is 18.0 Å². The van der Waals surface area contributed by atoms with Crippen molar-refractivity contribution in [1.29, 1.82) is 0 Å². The van der Waals surface area contributed by atoms with Crippen LogP contribution in [0.25, 0.3) is 16.2 Å². The monoisotopic (exact) mass is 366 g/mol. The Bertz CT molecular complexity index is 1030. The highest BCUT2D eigenvalue weighted by molar-refractivity contribution is 7.18. The van der Waals surface area contributed by atoms with Crippen molar-refractivity contribution < 1.29 is 14.3 Å². The summed E-state index contributed by atoms with van der Waals surface area (Å²) in [6.07, 6.45) is 5.30. The van der Waals surface area contributed by atoms with E-state index in [1.807, 2.05) is 18.3 Å². The van der Waals surface area contributed by atoms with Crippen LogP contribution in [0.15, 0.2) is 55.0 Å². The lowest BCUT2D eigenvalue weighted by Gasteiger charge is -2.04. The molecule has 0 amide bonds. The first-order valence-corrected chi connectivity index (χ1v) is 8.76. The third-order valence-corrected chi connectivity index (χ3v) is 4.33. The molecule has 0 saturated carbocycles. The molecule has 1 aromatic carbocycles. The fraction of sp³-hybridized carbons (Fsp3) is 0.111. The highest BCUT2D eigenvalue weighted by Gasteiger charge is 2.13. The molecule has 130 valence electrons. The van der Waals surface area contributed by atoms with Crippen molar-refractivity contribution in [1.82, 2.24) is 19.6 Å². The molecule has 0 aliphatic rings. The minimum atomic E-state index is -0.381. The number of aromatic nitrogens is 4. The standard InChI is InChI=1S/C18H14N4O3S/c1-2-24-16(23)12-5-3-7-14(9-12)25-18-21-22-11-15(20-17(22)26-18)13-6-4-8-19-10-13/h3-11H,2H2,1H3. The maximum Gasteiger partial charge on any atom is 0.338 e. The third kappa shape index (κ3) is 3.27. The Balaban J connectivity index is 1.56. The van der Waals surface area contributed by atoms with E-state index < -0.39 is 0 Å². The molecule has 0 radical (unpaired) electrons. The van der Waals surface area contributed by atoms with Crippen molar-refractivity contribution >= 4 is 22.3 Å². The second-order valence-electron chi connectivity index (χ2n) is 5.31. The van der Waals surface area contributed by atoms with Gasteiger partial charge < -0.3 is 9.47 Å². The fourth-order valence-corrected chi connectivity index (χ4v) is 3.13. The van der Waals surface area contributed by atoms with E-state index in [1.54, 1.807) is 48.1 Å². The summed E-state index contributed by atoms with van der Waals surface area (Å²) in [6.45, 7) is 2.09. The van der Waals surface area contributed by atoms with E-state index in [9.17, 15) is 4.79 Å². The van der Waals surface area contributed by atoms with Crippen LogP contribution in [0.3, 0.4) is 0 Å². The highest BCUT2D eigenvalue weighted by atomic mass is 32.1. The molecule has 4 rings (SSSR count). The van der Waals surface area contributed by atoms with E-state index >= 15 is 0 Å². The molecule has 0 aliphatic heterocycles. The summed E-state index contributed by atoms with van der Waals surface area (Å²) in [6, 6.07) is 10.6. The van der Waals surface area contributed by atoms with Gasteiger partial charge in [-0.2, -0.15) is 0 Å². The largest absolute Gasteiger partial charge is 0.462 e. The summed E-state index contributed by atoms with van der Waals surface area (Å²) in [5, 5.41) is 4.82. The molecule has 26 heavy (non-hydrogen) atoms. The van der Waals surface area contributed by atoms with Crippen LogP contribution in [-0.4, -0.2) is 32.2 Å². The summed E-state index contributed by atoms with van der Waals surface area (Å²) in [5.41, 5.74) is 2.16. The van der Waals surface area contributed by atoms with Crippen LogP contribution in [0, 0.1) is 0 Å². The van der Waals surface area contributed by atoms with Crippen molar-refractivity contribution in [3.05, 3.63) is 60.6 Å². The Morgan fingerprint density at radius 2 is 2.19 bits per heavy atom. The first kappa shape index (κ1) is 16.2. The van der Waals surface area contributed by atoms with Crippen molar-refractivity contribution in [3.63, 3.8) is 0 Å². The highest BCUT2D eigenvalue weighted by Crippen LogP contribution is 2.29. The minimum Gasteiger partial charge on any atom is -0.462 e. The Kier molecular flexibility index (Phi) is 4.32. The average molecular weight is 366 g/mol. The lowest BCUT2D eigenvalue weighted by molar-refractivity contribution is 0.0526. The molecule has 4 aromatic rings. The summed E-state index contributed by atoms with van der Waals surface area (Å²) >= 11 is 1.31. The number of fused-ring (bicyclic) bond motifs is 1. The van der Waals surface area contributed by atoms with Crippen molar-refractivity contribution in [3.8, 4) is 22.2 Å². The molecule has 3 aromatic heterocycles. The van der Waals surface area contributed by atoms with Gasteiger partial charge in [0.1, 0.15) is 5.75 Å².